The summed E-state index contributed by atoms with van der Waals surface area (Å²) in [7, 11) is 0. The molecule has 1 saturated heterocycles. The molecule has 0 aliphatic carbocycles. The van der Waals surface area contributed by atoms with Crippen LogP contribution in [-0.4, -0.2) is 17.4 Å². The number of carbonyl (C=O) groups excluding carboxylic acids is 1. The first kappa shape index (κ1) is 15.3. The van der Waals surface area contributed by atoms with Crippen LogP contribution in [0.5, 0.6) is 0 Å². The van der Waals surface area contributed by atoms with Crippen LogP contribution in [0.15, 0.2) is 54.0 Å². The van der Waals surface area contributed by atoms with E-state index in [1.807, 2.05) is 30.5 Å². The van der Waals surface area contributed by atoms with Gasteiger partial charge in [0.2, 0.25) is 5.91 Å². The van der Waals surface area contributed by atoms with E-state index in [1.54, 1.807) is 11.3 Å². The highest BCUT2D eigenvalue weighted by Crippen LogP contribution is 2.31. The van der Waals surface area contributed by atoms with E-state index in [0.717, 1.165) is 29.6 Å². The predicted molar refractivity (Wildman–Crippen MR) is 96.8 cm³/mol. The SMILES string of the molecule is O=C1CCC(CNCc2cnc3ccsc3c2)(c2ccccc2)N1. The molecule has 0 saturated carbocycles. The van der Waals surface area contributed by atoms with Gasteiger partial charge in [0.1, 0.15) is 0 Å². The van der Waals surface area contributed by atoms with Crippen molar-refractivity contribution in [2.45, 2.75) is 24.9 Å². The van der Waals surface area contributed by atoms with Crippen LogP contribution >= 0.6 is 11.3 Å². The van der Waals surface area contributed by atoms with Crippen molar-refractivity contribution in [1.82, 2.24) is 15.6 Å². The van der Waals surface area contributed by atoms with E-state index >= 15 is 0 Å². The topological polar surface area (TPSA) is 54.0 Å². The second-order valence-corrected chi connectivity index (χ2v) is 7.20. The van der Waals surface area contributed by atoms with Crippen molar-refractivity contribution in [3.63, 3.8) is 0 Å². The number of benzene rings is 1. The lowest BCUT2D eigenvalue weighted by Gasteiger charge is -2.30. The number of rotatable bonds is 5. The fraction of sp³-hybridized carbons (Fsp3) is 0.263. The Morgan fingerprint density at radius 1 is 1.25 bits per heavy atom. The first-order valence-corrected chi connectivity index (χ1v) is 9.03. The molecule has 3 heterocycles. The molecule has 1 fully saturated rings. The summed E-state index contributed by atoms with van der Waals surface area (Å²) in [6.07, 6.45) is 3.33. The molecule has 5 heteroatoms. The number of thiophene rings is 1. The zero-order chi connectivity index (χ0) is 16.4. The third-order valence-electron chi connectivity index (χ3n) is 4.60. The lowest BCUT2D eigenvalue weighted by molar-refractivity contribution is -0.119. The molecule has 0 bridgehead atoms. The molecular weight excluding hydrogens is 318 g/mol. The molecule has 3 aromatic rings. The number of nitrogens with one attached hydrogen (secondary N) is 2. The van der Waals surface area contributed by atoms with Gasteiger partial charge in [0, 0.05) is 25.7 Å². The second kappa shape index (κ2) is 6.34. The van der Waals surface area contributed by atoms with Crippen LogP contribution in [0.2, 0.25) is 0 Å². The van der Waals surface area contributed by atoms with Crippen LogP contribution in [0.3, 0.4) is 0 Å². The largest absolute Gasteiger partial charge is 0.345 e. The normalized spacial score (nSPS) is 20.4. The average Bonchev–Trinajstić information content (AvgIpc) is 3.22. The molecule has 4 rings (SSSR count). The van der Waals surface area contributed by atoms with Crippen LogP contribution in [-0.2, 0) is 16.9 Å². The minimum absolute atomic E-state index is 0.127. The molecule has 122 valence electrons. The van der Waals surface area contributed by atoms with Gasteiger partial charge in [-0.25, -0.2) is 0 Å². The smallest absolute Gasteiger partial charge is 0.220 e. The summed E-state index contributed by atoms with van der Waals surface area (Å²) >= 11 is 1.71. The molecule has 24 heavy (non-hydrogen) atoms. The van der Waals surface area contributed by atoms with E-state index in [-0.39, 0.29) is 11.4 Å². The van der Waals surface area contributed by atoms with E-state index in [0.29, 0.717) is 13.0 Å². The second-order valence-electron chi connectivity index (χ2n) is 6.25. The maximum atomic E-state index is 11.8. The number of pyridine rings is 1. The molecular formula is C19H19N3OS. The van der Waals surface area contributed by atoms with Gasteiger partial charge >= 0.3 is 0 Å². The van der Waals surface area contributed by atoms with Crippen molar-refractivity contribution in [1.29, 1.82) is 0 Å². The number of hydrogen-bond donors (Lipinski definition) is 2. The summed E-state index contributed by atoms with van der Waals surface area (Å²) in [4.78, 5) is 16.3. The highest BCUT2D eigenvalue weighted by Gasteiger charge is 2.38. The highest BCUT2D eigenvalue weighted by atomic mass is 32.1. The van der Waals surface area contributed by atoms with E-state index in [9.17, 15) is 4.79 Å². The van der Waals surface area contributed by atoms with Gasteiger partial charge in [0.05, 0.1) is 15.8 Å². The lowest BCUT2D eigenvalue weighted by Crippen LogP contribution is -2.46. The Labute approximate surface area is 144 Å². The maximum absolute atomic E-state index is 11.8. The van der Waals surface area contributed by atoms with Crippen molar-refractivity contribution < 1.29 is 4.79 Å². The fourth-order valence-corrected chi connectivity index (χ4v) is 4.14. The summed E-state index contributed by atoms with van der Waals surface area (Å²) in [5.41, 5.74) is 3.07. The molecule has 1 aliphatic rings. The Balaban J connectivity index is 1.48. The molecule has 4 nitrogen and oxygen atoms in total. The molecule has 1 aliphatic heterocycles. The molecule has 0 radical (unpaired) electrons. The zero-order valence-corrected chi connectivity index (χ0v) is 14.1. The number of fused-ring (bicyclic) bond motifs is 1. The Morgan fingerprint density at radius 3 is 2.92 bits per heavy atom. The molecule has 0 spiro atoms. The molecule has 1 amide bonds. The quantitative estimate of drug-likeness (QED) is 0.752. The lowest BCUT2D eigenvalue weighted by atomic mass is 9.88. The third kappa shape index (κ3) is 2.92. The van der Waals surface area contributed by atoms with Crippen molar-refractivity contribution in [2.75, 3.05) is 6.54 Å². The van der Waals surface area contributed by atoms with Crippen LogP contribution in [0.1, 0.15) is 24.0 Å². The minimum Gasteiger partial charge on any atom is -0.345 e. The van der Waals surface area contributed by atoms with Crippen molar-refractivity contribution in [3.05, 3.63) is 65.2 Å². The van der Waals surface area contributed by atoms with Crippen molar-refractivity contribution >= 4 is 27.5 Å². The monoisotopic (exact) mass is 337 g/mol. The van der Waals surface area contributed by atoms with E-state index in [1.165, 1.54) is 4.70 Å². The van der Waals surface area contributed by atoms with Crippen molar-refractivity contribution in [3.8, 4) is 0 Å². The molecule has 1 atom stereocenters. The number of nitrogens with zero attached hydrogens (tertiary/aromatic N) is 1. The number of aromatic nitrogens is 1. The number of carbonyl (C=O) groups is 1. The number of hydrogen-bond acceptors (Lipinski definition) is 4. The Morgan fingerprint density at radius 2 is 2.12 bits per heavy atom. The fourth-order valence-electron chi connectivity index (χ4n) is 3.33. The minimum atomic E-state index is -0.307. The van der Waals surface area contributed by atoms with Gasteiger partial charge in [0.25, 0.3) is 0 Å². The number of amides is 1. The average molecular weight is 337 g/mol. The first-order chi connectivity index (χ1) is 11.8. The van der Waals surface area contributed by atoms with Crippen LogP contribution in [0.25, 0.3) is 10.2 Å². The Kier molecular flexibility index (Phi) is 4.04. The van der Waals surface area contributed by atoms with Crippen LogP contribution in [0, 0.1) is 0 Å². The van der Waals surface area contributed by atoms with Crippen LogP contribution in [0.4, 0.5) is 0 Å². The molecule has 1 aromatic carbocycles. The molecule has 2 N–H and O–H groups in total. The van der Waals surface area contributed by atoms with Gasteiger partial charge in [-0.3, -0.25) is 9.78 Å². The van der Waals surface area contributed by atoms with Gasteiger partial charge in [-0.1, -0.05) is 30.3 Å². The van der Waals surface area contributed by atoms with Gasteiger partial charge < -0.3 is 10.6 Å². The van der Waals surface area contributed by atoms with E-state index in [2.05, 4.69) is 39.2 Å². The predicted octanol–water partition coefficient (Wildman–Crippen LogP) is 3.19. The third-order valence-corrected chi connectivity index (χ3v) is 5.45. The summed E-state index contributed by atoms with van der Waals surface area (Å²) in [5.74, 6) is 0.127. The first-order valence-electron chi connectivity index (χ1n) is 8.15. The molecule has 2 aromatic heterocycles. The van der Waals surface area contributed by atoms with Gasteiger partial charge in [-0.05, 0) is 35.1 Å². The highest BCUT2D eigenvalue weighted by molar-refractivity contribution is 7.17. The van der Waals surface area contributed by atoms with Gasteiger partial charge in [-0.2, -0.15) is 0 Å². The standard InChI is InChI=1S/C19H19N3OS/c23-18-6-8-19(22-18,15-4-2-1-3-5-15)13-20-11-14-10-17-16(21-12-14)7-9-24-17/h1-5,7,9-10,12,20H,6,8,11,13H2,(H,22,23). The van der Waals surface area contributed by atoms with Gasteiger partial charge in [0.15, 0.2) is 0 Å². The summed E-state index contributed by atoms with van der Waals surface area (Å²) in [6, 6.07) is 14.5. The maximum Gasteiger partial charge on any atom is 0.220 e. The summed E-state index contributed by atoms with van der Waals surface area (Å²) in [6.45, 7) is 1.45. The summed E-state index contributed by atoms with van der Waals surface area (Å²) in [5, 5.41) is 8.75. The van der Waals surface area contributed by atoms with E-state index < -0.39 is 0 Å². The zero-order valence-electron chi connectivity index (χ0n) is 13.3. The van der Waals surface area contributed by atoms with Crippen LogP contribution < -0.4 is 10.6 Å². The summed E-state index contributed by atoms with van der Waals surface area (Å²) < 4.78 is 1.21. The van der Waals surface area contributed by atoms with Crippen molar-refractivity contribution in [2.24, 2.45) is 0 Å². The molecule has 1 unspecified atom stereocenters. The Bertz CT molecular complexity index is 861. The van der Waals surface area contributed by atoms with E-state index in [4.69, 9.17) is 0 Å². The van der Waals surface area contributed by atoms with Gasteiger partial charge in [-0.15, -0.1) is 11.3 Å². The Hall–Kier alpha value is -2.24.